The third kappa shape index (κ3) is 3.05. The highest BCUT2D eigenvalue weighted by Crippen LogP contribution is 2.17. The molecule has 0 N–H and O–H groups in total. The molecule has 0 spiro atoms. The Hall–Kier alpha value is -1.39. The number of imide groups is 1. The molecule has 1 aliphatic heterocycles. The molecule has 1 saturated heterocycles. The monoisotopic (exact) mass is 227 g/mol. The second kappa shape index (κ2) is 4.23. The van der Waals surface area contributed by atoms with E-state index in [1.807, 2.05) is 0 Å². The molecule has 0 radical (unpaired) electrons. The summed E-state index contributed by atoms with van der Waals surface area (Å²) >= 11 is 0. The van der Waals surface area contributed by atoms with Crippen LogP contribution in [0.15, 0.2) is 0 Å². The van der Waals surface area contributed by atoms with Gasteiger partial charge < -0.3 is 4.74 Å². The van der Waals surface area contributed by atoms with Gasteiger partial charge in [0, 0.05) is 12.5 Å². The van der Waals surface area contributed by atoms with E-state index in [9.17, 15) is 14.4 Å². The average molecular weight is 227 g/mol. The van der Waals surface area contributed by atoms with Crippen LogP contribution in [0, 0.1) is 5.92 Å². The lowest BCUT2D eigenvalue weighted by Gasteiger charge is -2.30. The zero-order valence-corrected chi connectivity index (χ0v) is 10.1. The molecule has 1 atom stereocenters. The van der Waals surface area contributed by atoms with Gasteiger partial charge in [0.1, 0.15) is 11.4 Å². The first kappa shape index (κ1) is 12.7. The van der Waals surface area contributed by atoms with Crippen molar-refractivity contribution >= 4 is 17.8 Å². The quantitative estimate of drug-likeness (QED) is 0.586. The van der Waals surface area contributed by atoms with E-state index in [-0.39, 0.29) is 24.7 Å². The summed E-state index contributed by atoms with van der Waals surface area (Å²) in [6, 6.07) is 0. The number of hydrogen-bond acceptors (Lipinski definition) is 4. The molecule has 0 saturated carbocycles. The number of likely N-dealkylation sites (tertiary alicyclic amines) is 1. The number of ether oxygens (including phenoxy) is 1. The Morgan fingerprint density at radius 2 is 1.94 bits per heavy atom. The topological polar surface area (TPSA) is 63.7 Å². The van der Waals surface area contributed by atoms with E-state index in [2.05, 4.69) is 0 Å². The lowest BCUT2D eigenvalue weighted by atomic mass is 9.98. The third-order valence-electron chi connectivity index (χ3n) is 2.25. The van der Waals surface area contributed by atoms with Crippen LogP contribution in [-0.4, -0.2) is 34.8 Å². The first-order valence-corrected chi connectivity index (χ1v) is 5.27. The summed E-state index contributed by atoms with van der Waals surface area (Å²) in [5, 5.41) is 0. The molecule has 2 amide bonds. The predicted molar refractivity (Wildman–Crippen MR) is 56.7 cm³/mol. The standard InChI is InChI=1S/C11H17NO4/c1-7-6-12(9(14)5-8(7)13)10(15)16-11(2,3)4/h7H,5-6H2,1-4H3/t7-/m0/s1. The second-order valence-corrected chi connectivity index (χ2v) is 5.03. The average Bonchev–Trinajstić information content (AvgIpc) is 2.08. The number of nitrogens with zero attached hydrogens (tertiary/aromatic N) is 1. The van der Waals surface area contributed by atoms with Crippen molar-refractivity contribution in [3.63, 3.8) is 0 Å². The fourth-order valence-corrected chi connectivity index (χ4v) is 1.39. The van der Waals surface area contributed by atoms with Crippen molar-refractivity contribution in [3.8, 4) is 0 Å². The molecule has 90 valence electrons. The van der Waals surface area contributed by atoms with Crippen molar-refractivity contribution < 1.29 is 19.1 Å². The number of carbonyl (C=O) groups is 3. The number of piperidine rings is 1. The summed E-state index contributed by atoms with van der Waals surface area (Å²) in [4.78, 5) is 35.4. The highest BCUT2D eigenvalue weighted by atomic mass is 16.6. The third-order valence-corrected chi connectivity index (χ3v) is 2.25. The molecule has 0 unspecified atom stereocenters. The number of carbonyl (C=O) groups excluding carboxylic acids is 3. The Labute approximate surface area is 94.7 Å². The van der Waals surface area contributed by atoms with Crippen molar-refractivity contribution in [1.82, 2.24) is 4.90 Å². The van der Waals surface area contributed by atoms with Gasteiger partial charge in [-0.1, -0.05) is 6.92 Å². The Kier molecular flexibility index (Phi) is 3.35. The van der Waals surface area contributed by atoms with Crippen LogP contribution in [-0.2, 0) is 14.3 Å². The van der Waals surface area contributed by atoms with Gasteiger partial charge in [0.05, 0.1) is 6.42 Å². The maximum absolute atomic E-state index is 11.6. The molecule has 1 fully saturated rings. The molecule has 5 nitrogen and oxygen atoms in total. The van der Waals surface area contributed by atoms with Gasteiger partial charge in [0.15, 0.2) is 0 Å². The van der Waals surface area contributed by atoms with Gasteiger partial charge in [-0.3, -0.25) is 9.59 Å². The van der Waals surface area contributed by atoms with E-state index in [0.29, 0.717) is 0 Å². The molecular weight excluding hydrogens is 210 g/mol. The molecule has 0 aliphatic carbocycles. The van der Waals surface area contributed by atoms with E-state index in [1.165, 1.54) is 0 Å². The molecule has 0 aromatic heterocycles. The van der Waals surface area contributed by atoms with Gasteiger partial charge >= 0.3 is 6.09 Å². The largest absolute Gasteiger partial charge is 0.443 e. The summed E-state index contributed by atoms with van der Waals surface area (Å²) in [7, 11) is 0. The molecule has 1 rings (SSSR count). The summed E-state index contributed by atoms with van der Waals surface area (Å²) in [5.41, 5.74) is -0.637. The summed E-state index contributed by atoms with van der Waals surface area (Å²) in [6.45, 7) is 7.01. The molecule has 0 aromatic carbocycles. The SMILES string of the molecule is C[C@H]1CN(C(=O)OC(C)(C)C)C(=O)CC1=O. The van der Waals surface area contributed by atoms with E-state index in [4.69, 9.17) is 4.74 Å². The van der Waals surface area contributed by atoms with Crippen molar-refractivity contribution in [2.75, 3.05) is 6.54 Å². The van der Waals surface area contributed by atoms with Crippen LogP contribution in [0.25, 0.3) is 0 Å². The van der Waals surface area contributed by atoms with Crippen LogP contribution < -0.4 is 0 Å². The van der Waals surface area contributed by atoms with Gasteiger partial charge in [-0.25, -0.2) is 9.69 Å². The normalized spacial score (nSPS) is 22.2. The zero-order valence-electron chi connectivity index (χ0n) is 10.1. The van der Waals surface area contributed by atoms with E-state index >= 15 is 0 Å². The smallest absolute Gasteiger partial charge is 0.417 e. The van der Waals surface area contributed by atoms with Crippen molar-refractivity contribution in [2.45, 2.75) is 39.7 Å². The number of ketones is 1. The minimum atomic E-state index is -0.670. The maximum atomic E-state index is 11.6. The molecule has 1 aliphatic rings. The number of hydrogen-bond donors (Lipinski definition) is 0. The van der Waals surface area contributed by atoms with E-state index in [0.717, 1.165) is 4.90 Å². The summed E-state index contributed by atoms with van der Waals surface area (Å²) < 4.78 is 5.09. The van der Waals surface area contributed by atoms with Crippen LogP contribution >= 0.6 is 0 Å². The van der Waals surface area contributed by atoms with Crippen LogP contribution in [0.2, 0.25) is 0 Å². The maximum Gasteiger partial charge on any atom is 0.417 e. The van der Waals surface area contributed by atoms with E-state index in [1.54, 1.807) is 27.7 Å². The minimum absolute atomic E-state index is 0.118. The summed E-state index contributed by atoms with van der Waals surface area (Å²) in [5.74, 6) is -0.896. The predicted octanol–water partition coefficient (Wildman–Crippen LogP) is 1.36. The van der Waals surface area contributed by atoms with E-state index < -0.39 is 17.6 Å². The zero-order chi connectivity index (χ0) is 12.5. The molecule has 16 heavy (non-hydrogen) atoms. The highest BCUT2D eigenvalue weighted by Gasteiger charge is 2.35. The Morgan fingerprint density at radius 1 is 1.38 bits per heavy atom. The Morgan fingerprint density at radius 3 is 2.44 bits per heavy atom. The van der Waals surface area contributed by atoms with Gasteiger partial charge in [0.25, 0.3) is 0 Å². The molecule has 0 aromatic rings. The molecule has 5 heteroatoms. The first-order valence-electron chi connectivity index (χ1n) is 5.27. The molecule has 1 heterocycles. The van der Waals surface area contributed by atoms with Crippen molar-refractivity contribution in [1.29, 1.82) is 0 Å². The van der Waals surface area contributed by atoms with Crippen LogP contribution in [0.3, 0.4) is 0 Å². The Bertz CT molecular complexity index is 329. The number of rotatable bonds is 0. The van der Waals surface area contributed by atoms with Gasteiger partial charge in [-0.05, 0) is 20.8 Å². The second-order valence-electron chi connectivity index (χ2n) is 5.03. The summed E-state index contributed by atoms with van der Waals surface area (Å²) in [6.07, 6.45) is -0.878. The molecule has 0 bridgehead atoms. The lowest BCUT2D eigenvalue weighted by Crippen LogP contribution is -2.48. The molecular formula is C11H17NO4. The van der Waals surface area contributed by atoms with Gasteiger partial charge in [0.2, 0.25) is 5.91 Å². The fourth-order valence-electron chi connectivity index (χ4n) is 1.39. The highest BCUT2D eigenvalue weighted by molar-refractivity contribution is 6.06. The number of Topliss-reactive ketones (excluding diaryl/α,β-unsaturated/α-hetero) is 1. The van der Waals surface area contributed by atoms with Gasteiger partial charge in [-0.2, -0.15) is 0 Å². The first-order chi connectivity index (χ1) is 7.20. The minimum Gasteiger partial charge on any atom is -0.443 e. The van der Waals surface area contributed by atoms with Crippen molar-refractivity contribution in [3.05, 3.63) is 0 Å². The van der Waals surface area contributed by atoms with Crippen LogP contribution in [0.4, 0.5) is 4.79 Å². The van der Waals surface area contributed by atoms with Gasteiger partial charge in [-0.15, -0.1) is 0 Å². The van der Waals surface area contributed by atoms with Crippen molar-refractivity contribution in [2.24, 2.45) is 5.92 Å². The van der Waals surface area contributed by atoms with Crippen LogP contribution in [0.5, 0.6) is 0 Å². The fraction of sp³-hybridized carbons (Fsp3) is 0.727. The number of amides is 2. The lowest BCUT2D eigenvalue weighted by molar-refractivity contribution is -0.141. The Balaban J connectivity index is 2.70. The van der Waals surface area contributed by atoms with Crippen LogP contribution in [0.1, 0.15) is 34.1 Å².